The number of ether oxygens (including phenoxy) is 1. The van der Waals surface area contributed by atoms with Crippen LogP contribution in [0.5, 0.6) is 5.75 Å². The third kappa shape index (κ3) is 7.60. The second-order valence-corrected chi connectivity index (χ2v) is 8.93. The molecule has 0 aliphatic rings. The SMILES string of the molecule is CCCCOc1cc(F)ccc1/C=C/C(=O)N[C@H](C)c1cc(F)c(NS(C)(=O)=O)c(F)c1. The van der Waals surface area contributed by atoms with Crippen molar-refractivity contribution in [3.05, 3.63) is 65.0 Å². The van der Waals surface area contributed by atoms with Gasteiger partial charge in [-0.2, -0.15) is 0 Å². The molecular formula is C22H25F3N2O4S. The molecule has 0 radical (unpaired) electrons. The fraction of sp³-hybridized carbons (Fsp3) is 0.318. The van der Waals surface area contributed by atoms with Gasteiger partial charge in [-0.15, -0.1) is 0 Å². The average molecular weight is 471 g/mol. The fourth-order valence-corrected chi connectivity index (χ4v) is 3.30. The Morgan fingerprint density at radius 3 is 2.41 bits per heavy atom. The molecule has 0 spiro atoms. The van der Waals surface area contributed by atoms with E-state index in [-0.39, 0.29) is 5.56 Å². The summed E-state index contributed by atoms with van der Waals surface area (Å²) in [7, 11) is -3.86. The molecule has 174 valence electrons. The number of carbonyl (C=O) groups excluding carboxylic acids is 1. The van der Waals surface area contributed by atoms with Crippen molar-refractivity contribution in [1.29, 1.82) is 0 Å². The van der Waals surface area contributed by atoms with Gasteiger partial charge in [0.1, 0.15) is 17.3 Å². The minimum atomic E-state index is -3.86. The molecular weight excluding hydrogens is 445 g/mol. The standard InChI is InChI=1S/C22H25F3N2O4S/c1-4-5-10-31-20-13-17(23)8-6-15(20)7-9-21(28)26-14(2)16-11-18(24)22(19(25)12-16)27-32(3,29)30/h6-9,11-14,27H,4-5,10H2,1-3H3,(H,26,28)/b9-7+/t14-/m1/s1. The first-order valence-corrected chi connectivity index (χ1v) is 11.8. The number of carbonyl (C=O) groups is 1. The maximum absolute atomic E-state index is 14.2. The Labute approximate surface area is 185 Å². The van der Waals surface area contributed by atoms with Crippen molar-refractivity contribution in [3.8, 4) is 5.75 Å². The van der Waals surface area contributed by atoms with Gasteiger partial charge in [0.25, 0.3) is 0 Å². The summed E-state index contributed by atoms with van der Waals surface area (Å²) < 4.78 is 71.7. The normalized spacial score (nSPS) is 12.6. The first kappa shape index (κ1) is 25.3. The summed E-state index contributed by atoms with van der Waals surface area (Å²) in [4.78, 5) is 12.3. The van der Waals surface area contributed by atoms with Crippen molar-refractivity contribution in [3.63, 3.8) is 0 Å². The van der Waals surface area contributed by atoms with E-state index in [9.17, 15) is 26.4 Å². The molecule has 0 unspecified atom stereocenters. The van der Waals surface area contributed by atoms with Gasteiger partial charge in [0, 0.05) is 17.7 Å². The Kier molecular flexibility index (Phi) is 8.71. The number of hydrogen-bond acceptors (Lipinski definition) is 4. The van der Waals surface area contributed by atoms with E-state index in [1.165, 1.54) is 37.3 Å². The second-order valence-electron chi connectivity index (χ2n) is 7.18. The zero-order chi connectivity index (χ0) is 23.9. The molecule has 0 heterocycles. The Balaban J connectivity index is 2.11. The lowest BCUT2D eigenvalue weighted by Crippen LogP contribution is -2.25. The van der Waals surface area contributed by atoms with E-state index in [4.69, 9.17) is 4.74 Å². The van der Waals surface area contributed by atoms with E-state index in [1.54, 1.807) is 4.72 Å². The van der Waals surface area contributed by atoms with Crippen molar-refractivity contribution in [2.75, 3.05) is 17.6 Å². The van der Waals surface area contributed by atoms with Gasteiger partial charge in [0.15, 0.2) is 11.6 Å². The molecule has 2 aromatic carbocycles. The molecule has 2 rings (SSSR count). The van der Waals surface area contributed by atoms with Crippen molar-refractivity contribution in [2.24, 2.45) is 0 Å². The molecule has 1 atom stereocenters. The molecule has 0 saturated heterocycles. The van der Waals surface area contributed by atoms with E-state index in [0.29, 0.717) is 17.9 Å². The third-order valence-electron chi connectivity index (χ3n) is 4.36. The average Bonchev–Trinajstić information content (AvgIpc) is 2.69. The van der Waals surface area contributed by atoms with Crippen molar-refractivity contribution < 1.29 is 31.1 Å². The summed E-state index contributed by atoms with van der Waals surface area (Å²) in [6.45, 7) is 3.92. The summed E-state index contributed by atoms with van der Waals surface area (Å²) in [5.74, 6) is -2.94. The van der Waals surface area contributed by atoms with Crippen LogP contribution in [0, 0.1) is 17.5 Å². The van der Waals surface area contributed by atoms with Gasteiger partial charge in [-0.1, -0.05) is 13.3 Å². The van der Waals surface area contributed by atoms with Crippen molar-refractivity contribution >= 4 is 27.7 Å². The molecule has 0 saturated carbocycles. The number of unbranched alkanes of at least 4 members (excludes halogenated alkanes) is 1. The molecule has 0 aliphatic heterocycles. The summed E-state index contributed by atoms with van der Waals surface area (Å²) in [5, 5.41) is 2.56. The smallest absolute Gasteiger partial charge is 0.244 e. The van der Waals surface area contributed by atoms with Crippen molar-refractivity contribution in [2.45, 2.75) is 32.7 Å². The third-order valence-corrected chi connectivity index (χ3v) is 4.93. The van der Waals surface area contributed by atoms with Crippen LogP contribution in [0.1, 0.15) is 43.9 Å². The van der Waals surface area contributed by atoms with Crippen LogP contribution in [0.15, 0.2) is 36.4 Å². The van der Waals surface area contributed by atoms with E-state index < -0.39 is 45.1 Å². The molecule has 0 aliphatic carbocycles. The van der Waals surface area contributed by atoms with Crippen LogP contribution in [-0.4, -0.2) is 27.2 Å². The highest BCUT2D eigenvalue weighted by atomic mass is 32.2. The molecule has 32 heavy (non-hydrogen) atoms. The second kappa shape index (κ2) is 11.0. The lowest BCUT2D eigenvalue weighted by molar-refractivity contribution is -0.117. The number of amides is 1. The van der Waals surface area contributed by atoms with Crippen molar-refractivity contribution in [1.82, 2.24) is 5.32 Å². The summed E-state index contributed by atoms with van der Waals surface area (Å²) in [6.07, 6.45) is 5.12. The molecule has 2 aromatic rings. The molecule has 0 aromatic heterocycles. The number of anilines is 1. The predicted octanol–water partition coefficient (Wildman–Crippen LogP) is 4.54. The van der Waals surface area contributed by atoms with E-state index in [0.717, 1.165) is 31.2 Å². The van der Waals surface area contributed by atoms with Gasteiger partial charge >= 0.3 is 0 Å². The number of rotatable bonds is 10. The van der Waals surface area contributed by atoms with Crippen LogP contribution in [-0.2, 0) is 14.8 Å². The van der Waals surface area contributed by atoms with Gasteiger partial charge in [-0.05, 0) is 49.2 Å². The number of halogens is 3. The number of sulfonamides is 1. The lowest BCUT2D eigenvalue weighted by atomic mass is 10.1. The Bertz CT molecular complexity index is 1080. The maximum atomic E-state index is 14.2. The summed E-state index contributed by atoms with van der Waals surface area (Å²) in [5.41, 5.74) is -0.189. The Morgan fingerprint density at radius 1 is 1.16 bits per heavy atom. The number of hydrogen-bond donors (Lipinski definition) is 2. The summed E-state index contributed by atoms with van der Waals surface area (Å²) >= 11 is 0. The van der Waals surface area contributed by atoms with Gasteiger partial charge in [0.2, 0.25) is 15.9 Å². The molecule has 2 N–H and O–H groups in total. The van der Waals surface area contributed by atoms with Gasteiger partial charge in [-0.3, -0.25) is 9.52 Å². The quantitative estimate of drug-likeness (QED) is 0.394. The highest BCUT2D eigenvalue weighted by Gasteiger charge is 2.18. The van der Waals surface area contributed by atoms with Gasteiger partial charge in [0.05, 0.1) is 18.9 Å². The zero-order valence-corrected chi connectivity index (χ0v) is 18.7. The van der Waals surface area contributed by atoms with Crippen LogP contribution in [0.4, 0.5) is 18.9 Å². The zero-order valence-electron chi connectivity index (χ0n) is 17.9. The monoisotopic (exact) mass is 470 g/mol. The molecule has 6 nitrogen and oxygen atoms in total. The first-order chi connectivity index (χ1) is 15.0. The Morgan fingerprint density at radius 2 is 1.81 bits per heavy atom. The van der Waals surface area contributed by atoms with Gasteiger partial charge in [-0.25, -0.2) is 21.6 Å². The van der Waals surface area contributed by atoms with Crippen LogP contribution in [0.25, 0.3) is 6.08 Å². The fourth-order valence-electron chi connectivity index (χ4n) is 2.73. The first-order valence-electron chi connectivity index (χ1n) is 9.87. The molecule has 0 bridgehead atoms. The van der Waals surface area contributed by atoms with Crippen LogP contribution < -0.4 is 14.8 Å². The predicted molar refractivity (Wildman–Crippen MR) is 117 cm³/mol. The molecule has 1 amide bonds. The molecule has 10 heteroatoms. The van der Waals surface area contributed by atoms with Gasteiger partial charge < -0.3 is 10.1 Å². The van der Waals surface area contributed by atoms with Crippen LogP contribution in [0.3, 0.4) is 0 Å². The Hall–Kier alpha value is -3.01. The van der Waals surface area contributed by atoms with E-state index in [2.05, 4.69) is 5.32 Å². The number of benzene rings is 2. The van der Waals surface area contributed by atoms with E-state index >= 15 is 0 Å². The van der Waals surface area contributed by atoms with Crippen LogP contribution >= 0.6 is 0 Å². The largest absolute Gasteiger partial charge is 0.493 e. The maximum Gasteiger partial charge on any atom is 0.244 e. The minimum Gasteiger partial charge on any atom is -0.493 e. The van der Waals surface area contributed by atoms with E-state index in [1.807, 2.05) is 6.92 Å². The van der Waals surface area contributed by atoms with Crippen LogP contribution in [0.2, 0.25) is 0 Å². The number of nitrogens with one attached hydrogen (secondary N) is 2. The topological polar surface area (TPSA) is 84.5 Å². The summed E-state index contributed by atoms with van der Waals surface area (Å²) in [6, 6.07) is 5.03. The highest BCUT2D eigenvalue weighted by Crippen LogP contribution is 2.25. The highest BCUT2D eigenvalue weighted by molar-refractivity contribution is 7.92. The molecule has 0 fully saturated rings. The minimum absolute atomic E-state index is 0.103. The lowest BCUT2D eigenvalue weighted by Gasteiger charge is -2.15.